The van der Waals surface area contributed by atoms with Gasteiger partial charge in [0.2, 0.25) is 0 Å². The Hall–Kier alpha value is -0.380. The number of piperidine rings is 1. The second-order valence-electron chi connectivity index (χ2n) is 6.51. The summed E-state index contributed by atoms with van der Waals surface area (Å²) in [6, 6.07) is 9.19. The van der Waals surface area contributed by atoms with Gasteiger partial charge in [-0.25, -0.2) is 0 Å². The lowest BCUT2D eigenvalue weighted by molar-refractivity contribution is 0.133. The van der Waals surface area contributed by atoms with Gasteiger partial charge in [-0.1, -0.05) is 41.9 Å². The third-order valence-corrected chi connectivity index (χ3v) is 5.18. The highest BCUT2D eigenvalue weighted by Crippen LogP contribution is 2.30. The van der Waals surface area contributed by atoms with Crippen LogP contribution in [0.1, 0.15) is 44.7 Å². The predicted octanol–water partition coefficient (Wildman–Crippen LogP) is 4.22. The summed E-state index contributed by atoms with van der Waals surface area (Å²) in [5.41, 5.74) is 1.85. The van der Waals surface area contributed by atoms with Crippen LogP contribution in [0.15, 0.2) is 28.7 Å². The van der Waals surface area contributed by atoms with Crippen molar-refractivity contribution in [3.05, 3.63) is 34.3 Å². The first kappa shape index (κ1) is 16.0. The van der Waals surface area contributed by atoms with Gasteiger partial charge in [0.25, 0.3) is 0 Å². The Morgan fingerprint density at radius 2 is 1.85 bits per heavy atom. The van der Waals surface area contributed by atoms with E-state index < -0.39 is 0 Å². The van der Waals surface area contributed by atoms with Gasteiger partial charge in [0, 0.05) is 17.1 Å². The van der Waals surface area contributed by atoms with Gasteiger partial charge in [-0.15, -0.1) is 0 Å². The summed E-state index contributed by atoms with van der Waals surface area (Å²) in [6.07, 6.45) is 3.73. The molecule has 112 valence electrons. The standard InChI is InChI=1S/C17H27BrN2/c1-4-16(14-5-7-15(18)8-6-14)19-13-17(2)9-11-20(3)12-10-17/h5-8,16,19H,4,9-13H2,1-3H3. The smallest absolute Gasteiger partial charge is 0.0317 e. The summed E-state index contributed by atoms with van der Waals surface area (Å²) >= 11 is 3.51. The number of hydrogen-bond donors (Lipinski definition) is 1. The van der Waals surface area contributed by atoms with E-state index in [-0.39, 0.29) is 0 Å². The molecule has 1 aromatic rings. The quantitative estimate of drug-likeness (QED) is 0.864. The second kappa shape index (κ2) is 7.06. The zero-order valence-electron chi connectivity index (χ0n) is 13.0. The zero-order valence-corrected chi connectivity index (χ0v) is 14.5. The maximum Gasteiger partial charge on any atom is 0.0317 e. The maximum absolute atomic E-state index is 3.80. The Balaban J connectivity index is 1.92. The minimum atomic E-state index is 0.454. The molecule has 1 aromatic carbocycles. The van der Waals surface area contributed by atoms with Crippen LogP contribution in [0.3, 0.4) is 0 Å². The molecule has 1 heterocycles. The minimum Gasteiger partial charge on any atom is -0.309 e. The Morgan fingerprint density at radius 1 is 1.25 bits per heavy atom. The van der Waals surface area contributed by atoms with Gasteiger partial charge < -0.3 is 10.2 Å². The van der Waals surface area contributed by atoms with E-state index in [1.54, 1.807) is 0 Å². The van der Waals surface area contributed by atoms with E-state index in [0.29, 0.717) is 11.5 Å². The van der Waals surface area contributed by atoms with Crippen LogP contribution >= 0.6 is 15.9 Å². The molecule has 3 heteroatoms. The molecule has 0 amide bonds. The lowest BCUT2D eigenvalue weighted by Gasteiger charge is -2.39. The highest BCUT2D eigenvalue weighted by Gasteiger charge is 2.29. The van der Waals surface area contributed by atoms with Gasteiger partial charge in [0.15, 0.2) is 0 Å². The molecule has 2 rings (SSSR count). The van der Waals surface area contributed by atoms with Crippen LogP contribution < -0.4 is 5.32 Å². The minimum absolute atomic E-state index is 0.454. The Bertz CT molecular complexity index is 408. The number of rotatable bonds is 5. The van der Waals surface area contributed by atoms with Crippen LogP contribution in [-0.4, -0.2) is 31.6 Å². The van der Waals surface area contributed by atoms with Gasteiger partial charge in [-0.05, 0) is 62.5 Å². The van der Waals surface area contributed by atoms with Crippen LogP contribution in [-0.2, 0) is 0 Å². The molecular weight excluding hydrogens is 312 g/mol. The maximum atomic E-state index is 3.80. The summed E-state index contributed by atoms with van der Waals surface area (Å²) in [6.45, 7) is 8.27. The number of nitrogens with zero attached hydrogens (tertiary/aromatic N) is 1. The Morgan fingerprint density at radius 3 is 2.40 bits per heavy atom. The highest BCUT2D eigenvalue weighted by molar-refractivity contribution is 9.10. The van der Waals surface area contributed by atoms with E-state index >= 15 is 0 Å². The summed E-state index contributed by atoms with van der Waals surface area (Å²) in [7, 11) is 2.23. The fraction of sp³-hybridized carbons (Fsp3) is 0.647. The average molecular weight is 339 g/mol. The fourth-order valence-corrected chi connectivity index (χ4v) is 3.16. The molecule has 0 aromatic heterocycles. The Labute approximate surface area is 132 Å². The summed E-state index contributed by atoms with van der Waals surface area (Å²) in [4.78, 5) is 2.44. The average Bonchev–Trinajstić information content (AvgIpc) is 2.45. The zero-order chi connectivity index (χ0) is 14.6. The summed E-state index contributed by atoms with van der Waals surface area (Å²) in [5.74, 6) is 0. The molecule has 1 N–H and O–H groups in total. The molecule has 1 aliphatic rings. The van der Waals surface area contributed by atoms with Crippen LogP contribution in [0.4, 0.5) is 0 Å². The number of nitrogens with one attached hydrogen (secondary N) is 1. The van der Waals surface area contributed by atoms with E-state index in [1.165, 1.54) is 31.5 Å². The van der Waals surface area contributed by atoms with Crippen molar-refractivity contribution in [1.29, 1.82) is 0 Å². The van der Waals surface area contributed by atoms with Gasteiger partial charge in [-0.3, -0.25) is 0 Å². The lowest BCUT2D eigenvalue weighted by Crippen LogP contribution is -2.42. The first-order chi connectivity index (χ1) is 9.52. The van der Waals surface area contributed by atoms with Crippen molar-refractivity contribution >= 4 is 15.9 Å². The number of hydrogen-bond acceptors (Lipinski definition) is 2. The number of halogens is 1. The van der Waals surface area contributed by atoms with Crippen molar-refractivity contribution in [1.82, 2.24) is 10.2 Å². The largest absolute Gasteiger partial charge is 0.309 e. The van der Waals surface area contributed by atoms with Crippen LogP contribution in [0.2, 0.25) is 0 Å². The third-order valence-electron chi connectivity index (χ3n) is 4.65. The highest BCUT2D eigenvalue weighted by atomic mass is 79.9. The van der Waals surface area contributed by atoms with Crippen LogP contribution in [0.25, 0.3) is 0 Å². The monoisotopic (exact) mass is 338 g/mol. The molecule has 1 aliphatic heterocycles. The first-order valence-corrected chi connectivity index (χ1v) is 8.49. The van der Waals surface area contributed by atoms with Gasteiger partial charge in [-0.2, -0.15) is 0 Å². The van der Waals surface area contributed by atoms with Crippen molar-refractivity contribution in [3.8, 4) is 0 Å². The molecular formula is C17H27BrN2. The fourth-order valence-electron chi connectivity index (χ4n) is 2.90. The van der Waals surface area contributed by atoms with Gasteiger partial charge >= 0.3 is 0 Å². The van der Waals surface area contributed by atoms with Crippen molar-refractivity contribution in [2.45, 2.75) is 39.2 Å². The number of benzene rings is 1. The number of likely N-dealkylation sites (tertiary alicyclic amines) is 1. The molecule has 0 radical (unpaired) electrons. The molecule has 1 unspecified atom stereocenters. The lowest BCUT2D eigenvalue weighted by atomic mass is 9.80. The molecule has 20 heavy (non-hydrogen) atoms. The van der Waals surface area contributed by atoms with E-state index in [0.717, 1.165) is 17.4 Å². The third kappa shape index (κ3) is 4.31. The normalized spacial score (nSPS) is 20.8. The van der Waals surface area contributed by atoms with Gasteiger partial charge in [0.1, 0.15) is 0 Å². The van der Waals surface area contributed by atoms with Crippen molar-refractivity contribution in [3.63, 3.8) is 0 Å². The van der Waals surface area contributed by atoms with E-state index in [2.05, 4.69) is 71.3 Å². The van der Waals surface area contributed by atoms with E-state index in [4.69, 9.17) is 0 Å². The molecule has 1 atom stereocenters. The first-order valence-electron chi connectivity index (χ1n) is 7.70. The predicted molar refractivity (Wildman–Crippen MR) is 90.0 cm³/mol. The molecule has 0 aliphatic carbocycles. The van der Waals surface area contributed by atoms with Crippen LogP contribution in [0.5, 0.6) is 0 Å². The molecule has 1 saturated heterocycles. The molecule has 0 saturated carbocycles. The Kier molecular flexibility index (Phi) is 5.65. The van der Waals surface area contributed by atoms with Crippen molar-refractivity contribution in [2.24, 2.45) is 5.41 Å². The molecule has 2 nitrogen and oxygen atoms in total. The van der Waals surface area contributed by atoms with Gasteiger partial charge in [0.05, 0.1) is 0 Å². The molecule has 0 bridgehead atoms. The summed E-state index contributed by atoms with van der Waals surface area (Å²) in [5, 5.41) is 3.80. The molecule has 1 fully saturated rings. The topological polar surface area (TPSA) is 15.3 Å². The van der Waals surface area contributed by atoms with E-state index in [9.17, 15) is 0 Å². The second-order valence-corrected chi connectivity index (χ2v) is 7.42. The van der Waals surface area contributed by atoms with Crippen molar-refractivity contribution < 1.29 is 0 Å². The van der Waals surface area contributed by atoms with Crippen molar-refractivity contribution in [2.75, 3.05) is 26.7 Å². The molecule has 0 spiro atoms. The summed E-state index contributed by atoms with van der Waals surface area (Å²) < 4.78 is 1.15. The SMILES string of the molecule is CCC(NCC1(C)CCN(C)CC1)c1ccc(Br)cc1. The van der Waals surface area contributed by atoms with E-state index in [1.807, 2.05) is 0 Å². The van der Waals surface area contributed by atoms with Crippen LogP contribution in [0, 0.1) is 5.41 Å².